The highest BCUT2D eigenvalue weighted by Crippen LogP contribution is 2.37. The lowest BCUT2D eigenvalue weighted by molar-refractivity contribution is -0.388. The van der Waals surface area contributed by atoms with Gasteiger partial charge in [0.2, 0.25) is 11.6 Å². The largest absolute Gasteiger partial charge is 0.442 e. The van der Waals surface area contributed by atoms with Crippen LogP contribution in [0, 0.1) is 17.0 Å². The summed E-state index contributed by atoms with van der Waals surface area (Å²) >= 11 is 0. The first-order valence-electron chi connectivity index (χ1n) is 5.84. The Labute approximate surface area is 115 Å². The number of halogens is 3. The SMILES string of the molecule is CCc1noc(Cn2nc(C(F)(F)F)c([N+](=O)[O-])c2C)n1. The van der Waals surface area contributed by atoms with Crippen LogP contribution in [0.4, 0.5) is 18.9 Å². The zero-order chi connectivity index (χ0) is 15.8. The molecule has 2 heterocycles. The maximum absolute atomic E-state index is 12.8. The highest BCUT2D eigenvalue weighted by atomic mass is 19.4. The number of hydrogen-bond acceptors (Lipinski definition) is 6. The fraction of sp³-hybridized carbons (Fsp3) is 0.500. The first-order valence-corrected chi connectivity index (χ1v) is 5.84. The molecule has 2 aromatic rings. The smallest absolute Gasteiger partial charge is 0.337 e. The molecule has 0 aromatic carbocycles. The van der Waals surface area contributed by atoms with Gasteiger partial charge in [-0.1, -0.05) is 12.1 Å². The van der Waals surface area contributed by atoms with E-state index in [1.54, 1.807) is 6.92 Å². The molecular formula is C10H10F3N5O3. The minimum absolute atomic E-state index is 0.0288. The molecule has 2 aromatic heterocycles. The molecule has 0 aliphatic rings. The predicted molar refractivity (Wildman–Crippen MR) is 61.4 cm³/mol. The minimum Gasteiger partial charge on any atom is -0.337 e. The lowest BCUT2D eigenvalue weighted by atomic mass is 10.3. The molecular weight excluding hydrogens is 295 g/mol. The molecule has 21 heavy (non-hydrogen) atoms. The monoisotopic (exact) mass is 305 g/mol. The van der Waals surface area contributed by atoms with Gasteiger partial charge in [-0.25, -0.2) is 0 Å². The van der Waals surface area contributed by atoms with Gasteiger partial charge in [0.05, 0.1) is 4.92 Å². The third-order valence-electron chi connectivity index (χ3n) is 2.74. The van der Waals surface area contributed by atoms with Crippen molar-refractivity contribution < 1.29 is 22.6 Å². The standard InChI is InChI=1S/C10H10F3N5O3/c1-3-6-14-7(21-16-6)4-17-5(2)8(18(19)20)9(15-17)10(11,12)13/h3-4H2,1-2H3. The summed E-state index contributed by atoms with van der Waals surface area (Å²) in [4.78, 5) is 13.6. The molecule has 11 heteroatoms. The fourth-order valence-electron chi connectivity index (χ4n) is 1.73. The average molecular weight is 305 g/mol. The molecule has 0 atom stereocenters. The maximum Gasteiger partial charge on any atom is 0.442 e. The Hall–Kier alpha value is -2.46. The normalized spacial score (nSPS) is 11.9. The number of alkyl halides is 3. The Balaban J connectivity index is 2.43. The van der Waals surface area contributed by atoms with E-state index in [4.69, 9.17) is 4.52 Å². The second-order valence-corrected chi connectivity index (χ2v) is 4.15. The van der Waals surface area contributed by atoms with Gasteiger partial charge in [0.1, 0.15) is 12.2 Å². The van der Waals surface area contributed by atoms with Crippen LogP contribution in [0.2, 0.25) is 0 Å². The Morgan fingerprint density at radius 2 is 2.10 bits per heavy atom. The summed E-state index contributed by atoms with van der Waals surface area (Å²) in [6.45, 7) is 2.69. The summed E-state index contributed by atoms with van der Waals surface area (Å²) in [6, 6.07) is 0. The molecule has 8 nitrogen and oxygen atoms in total. The van der Waals surface area contributed by atoms with Gasteiger partial charge in [-0.3, -0.25) is 14.8 Å². The van der Waals surface area contributed by atoms with Gasteiger partial charge >= 0.3 is 11.9 Å². The predicted octanol–water partition coefficient (Wildman–Crippen LogP) is 2.11. The van der Waals surface area contributed by atoms with Crippen LogP contribution in [0.5, 0.6) is 0 Å². The molecule has 0 N–H and O–H groups in total. The minimum atomic E-state index is -4.91. The summed E-state index contributed by atoms with van der Waals surface area (Å²) in [5.41, 5.74) is -2.85. The summed E-state index contributed by atoms with van der Waals surface area (Å²) < 4.78 is 44.0. The number of aryl methyl sites for hydroxylation is 1. The van der Waals surface area contributed by atoms with Crippen molar-refractivity contribution in [2.45, 2.75) is 33.0 Å². The number of nitrogens with zero attached hydrogens (tertiary/aromatic N) is 5. The van der Waals surface area contributed by atoms with E-state index >= 15 is 0 Å². The average Bonchev–Trinajstić information content (AvgIpc) is 2.94. The molecule has 114 valence electrons. The molecule has 0 aliphatic heterocycles. The van der Waals surface area contributed by atoms with Crippen molar-refractivity contribution >= 4 is 5.69 Å². The van der Waals surface area contributed by atoms with Crippen molar-refractivity contribution in [1.29, 1.82) is 0 Å². The van der Waals surface area contributed by atoms with Crippen molar-refractivity contribution in [3.8, 4) is 0 Å². The maximum atomic E-state index is 12.8. The van der Waals surface area contributed by atoms with Crippen LogP contribution in [0.25, 0.3) is 0 Å². The quantitative estimate of drug-likeness (QED) is 0.633. The van der Waals surface area contributed by atoms with Gasteiger partial charge in [-0.05, 0) is 6.92 Å². The molecule has 0 unspecified atom stereocenters. The van der Waals surface area contributed by atoms with E-state index in [1.807, 2.05) is 0 Å². The zero-order valence-corrected chi connectivity index (χ0v) is 11.0. The second kappa shape index (κ2) is 5.14. The van der Waals surface area contributed by atoms with Crippen molar-refractivity contribution in [2.75, 3.05) is 0 Å². The highest BCUT2D eigenvalue weighted by molar-refractivity contribution is 5.42. The lowest BCUT2D eigenvalue weighted by Gasteiger charge is -2.00. The van der Waals surface area contributed by atoms with Gasteiger partial charge in [-0.2, -0.15) is 23.3 Å². The van der Waals surface area contributed by atoms with E-state index in [0.717, 1.165) is 4.68 Å². The van der Waals surface area contributed by atoms with Gasteiger partial charge in [0, 0.05) is 6.42 Å². The third kappa shape index (κ3) is 2.85. The second-order valence-electron chi connectivity index (χ2n) is 4.15. The number of nitro groups is 1. The van der Waals surface area contributed by atoms with Crippen molar-refractivity contribution in [1.82, 2.24) is 19.9 Å². The van der Waals surface area contributed by atoms with Crippen molar-refractivity contribution in [2.24, 2.45) is 0 Å². The Bertz CT molecular complexity index is 676. The number of hydrogen-bond donors (Lipinski definition) is 0. The van der Waals surface area contributed by atoms with Crippen molar-refractivity contribution in [3.05, 3.63) is 33.2 Å². The van der Waals surface area contributed by atoms with E-state index in [0.29, 0.717) is 12.2 Å². The van der Waals surface area contributed by atoms with Gasteiger partial charge < -0.3 is 4.52 Å². The fourth-order valence-corrected chi connectivity index (χ4v) is 1.73. The van der Waals surface area contributed by atoms with Gasteiger partial charge in [0.15, 0.2) is 5.82 Å². The van der Waals surface area contributed by atoms with E-state index in [2.05, 4.69) is 15.2 Å². The summed E-state index contributed by atoms with van der Waals surface area (Å²) in [6.07, 6.45) is -4.42. The molecule has 0 fully saturated rings. The summed E-state index contributed by atoms with van der Waals surface area (Å²) in [7, 11) is 0. The Kier molecular flexibility index (Phi) is 3.66. The molecule has 0 aliphatic carbocycles. The molecule has 0 spiro atoms. The van der Waals surface area contributed by atoms with Crippen LogP contribution in [-0.2, 0) is 19.1 Å². The van der Waals surface area contributed by atoms with Gasteiger partial charge in [-0.15, -0.1) is 0 Å². The molecule has 0 saturated carbocycles. The van der Waals surface area contributed by atoms with Crippen LogP contribution in [0.15, 0.2) is 4.52 Å². The number of aromatic nitrogens is 4. The Morgan fingerprint density at radius 1 is 1.43 bits per heavy atom. The van der Waals surface area contributed by atoms with Crippen LogP contribution in [0.3, 0.4) is 0 Å². The van der Waals surface area contributed by atoms with E-state index in [9.17, 15) is 23.3 Å². The highest BCUT2D eigenvalue weighted by Gasteiger charge is 2.44. The Morgan fingerprint density at radius 3 is 2.52 bits per heavy atom. The van der Waals surface area contributed by atoms with Crippen LogP contribution >= 0.6 is 0 Å². The van der Waals surface area contributed by atoms with Crippen LogP contribution < -0.4 is 0 Å². The van der Waals surface area contributed by atoms with Crippen molar-refractivity contribution in [3.63, 3.8) is 0 Å². The topological polar surface area (TPSA) is 99.9 Å². The van der Waals surface area contributed by atoms with E-state index < -0.39 is 22.5 Å². The van der Waals surface area contributed by atoms with Crippen LogP contribution in [-0.4, -0.2) is 24.8 Å². The first kappa shape index (κ1) is 14.9. The number of rotatable bonds is 4. The molecule has 0 bridgehead atoms. The zero-order valence-electron chi connectivity index (χ0n) is 11.0. The van der Waals surface area contributed by atoms with Gasteiger partial charge in [0.25, 0.3) is 0 Å². The lowest BCUT2D eigenvalue weighted by Crippen LogP contribution is -2.10. The van der Waals surface area contributed by atoms with E-state index in [-0.39, 0.29) is 18.1 Å². The molecule has 0 amide bonds. The summed E-state index contributed by atoms with van der Waals surface area (Å²) in [5.74, 6) is 0.418. The van der Waals surface area contributed by atoms with Crippen LogP contribution in [0.1, 0.15) is 30.0 Å². The molecule has 0 saturated heterocycles. The summed E-state index contributed by atoms with van der Waals surface area (Å²) in [5, 5.41) is 17.7. The first-order chi connectivity index (χ1) is 9.74. The third-order valence-corrected chi connectivity index (χ3v) is 2.74. The molecule has 0 radical (unpaired) electrons. The molecule has 2 rings (SSSR count). The van der Waals surface area contributed by atoms with E-state index in [1.165, 1.54) is 6.92 Å².